The van der Waals surface area contributed by atoms with E-state index in [1.807, 2.05) is 13.8 Å². The van der Waals surface area contributed by atoms with Gasteiger partial charge in [-0.25, -0.2) is 9.97 Å². The van der Waals surface area contributed by atoms with Gasteiger partial charge in [0.05, 0.1) is 5.56 Å². The van der Waals surface area contributed by atoms with Crippen molar-refractivity contribution in [3.05, 3.63) is 18.0 Å². The zero-order valence-electron chi connectivity index (χ0n) is 11.4. The highest BCUT2D eigenvalue weighted by Gasteiger charge is 2.16. The summed E-state index contributed by atoms with van der Waals surface area (Å²) in [5, 5.41) is 8.15. The summed E-state index contributed by atoms with van der Waals surface area (Å²) in [6.07, 6.45) is 2.84. The molecule has 7 heteroatoms. The van der Waals surface area contributed by atoms with E-state index in [4.69, 9.17) is 0 Å². The first kappa shape index (κ1) is 14.9. The van der Waals surface area contributed by atoms with Crippen LogP contribution in [0.1, 0.15) is 31.1 Å². The van der Waals surface area contributed by atoms with E-state index in [2.05, 4.69) is 25.9 Å². The van der Waals surface area contributed by atoms with Gasteiger partial charge in [-0.05, 0) is 20.8 Å². The Labute approximate surface area is 112 Å². The first-order chi connectivity index (χ1) is 9.08. The van der Waals surface area contributed by atoms with Crippen LogP contribution in [-0.4, -0.2) is 40.9 Å². The molecule has 0 aliphatic carbocycles. The van der Waals surface area contributed by atoms with Gasteiger partial charge in [-0.2, -0.15) is 0 Å². The van der Waals surface area contributed by atoms with Crippen LogP contribution in [0.25, 0.3) is 0 Å². The smallest absolute Gasteiger partial charge is 0.255 e. The molecule has 0 aliphatic heterocycles. The number of likely N-dealkylation sites (N-methyl/N-ethyl adjacent to an activating group) is 1. The van der Waals surface area contributed by atoms with Crippen LogP contribution in [0.3, 0.4) is 0 Å². The van der Waals surface area contributed by atoms with Crippen LogP contribution in [0.4, 0.5) is 5.95 Å². The van der Waals surface area contributed by atoms with Crippen LogP contribution in [0.15, 0.2) is 12.4 Å². The van der Waals surface area contributed by atoms with Gasteiger partial charge < -0.3 is 16.0 Å². The van der Waals surface area contributed by atoms with Crippen molar-refractivity contribution >= 4 is 17.8 Å². The van der Waals surface area contributed by atoms with Gasteiger partial charge in [-0.1, -0.05) is 0 Å². The number of nitrogens with zero attached hydrogens (tertiary/aromatic N) is 2. The second kappa shape index (κ2) is 7.30. The fourth-order valence-corrected chi connectivity index (χ4v) is 1.37. The summed E-state index contributed by atoms with van der Waals surface area (Å²) < 4.78 is 0. The molecule has 1 aromatic heterocycles. The lowest BCUT2D eigenvalue weighted by atomic mass is 10.2. The third-order valence-electron chi connectivity index (χ3n) is 2.34. The van der Waals surface area contributed by atoms with Gasteiger partial charge in [0.15, 0.2) is 0 Å². The van der Waals surface area contributed by atoms with Crippen molar-refractivity contribution in [1.82, 2.24) is 20.6 Å². The van der Waals surface area contributed by atoms with Gasteiger partial charge in [0.1, 0.15) is 6.04 Å². The van der Waals surface area contributed by atoms with E-state index in [1.54, 1.807) is 6.92 Å². The van der Waals surface area contributed by atoms with Crippen molar-refractivity contribution in [2.45, 2.75) is 26.8 Å². The fourth-order valence-electron chi connectivity index (χ4n) is 1.37. The predicted molar refractivity (Wildman–Crippen MR) is 71.8 cm³/mol. The number of hydrogen-bond donors (Lipinski definition) is 3. The lowest BCUT2D eigenvalue weighted by Gasteiger charge is -2.13. The van der Waals surface area contributed by atoms with Crippen molar-refractivity contribution < 1.29 is 9.59 Å². The molecule has 1 heterocycles. The van der Waals surface area contributed by atoms with E-state index in [0.717, 1.165) is 0 Å². The quantitative estimate of drug-likeness (QED) is 0.681. The largest absolute Gasteiger partial charge is 0.355 e. The summed E-state index contributed by atoms with van der Waals surface area (Å²) in [5.74, 6) is -0.126. The standard InChI is InChI=1S/C12H19N5O2/c1-4-13-10(18)8(3)17-11(19)9-6-15-12(14-5-2)16-7-9/h6-8H,4-5H2,1-3H3,(H,13,18)(H,17,19)(H,14,15,16). The van der Waals surface area contributed by atoms with Crippen molar-refractivity contribution in [3.63, 3.8) is 0 Å². The highest BCUT2D eigenvalue weighted by molar-refractivity contribution is 5.97. The zero-order chi connectivity index (χ0) is 14.3. The van der Waals surface area contributed by atoms with Crippen LogP contribution >= 0.6 is 0 Å². The number of carbonyl (C=O) groups excluding carboxylic acids is 2. The van der Waals surface area contributed by atoms with Crippen molar-refractivity contribution in [1.29, 1.82) is 0 Å². The van der Waals surface area contributed by atoms with E-state index < -0.39 is 6.04 Å². The molecule has 1 aromatic rings. The minimum atomic E-state index is -0.596. The monoisotopic (exact) mass is 265 g/mol. The third-order valence-corrected chi connectivity index (χ3v) is 2.34. The Bertz CT molecular complexity index is 432. The average Bonchev–Trinajstić information content (AvgIpc) is 2.40. The molecule has 0 aromatic carbocycles. The lowest BCUT2D eigenvalue weighted by molar-refractivity contribution is -0.122. The minimum Gasteiger partial charge on any atom is -0.355 e. The molecule has 0 aliphatic rings. The molecule has 19 heavy (non-hydrogen) atoms. The highest BCUT2D eigenvalue weighted by atomic mass is 16.2. The van der Waals surface area contributed by atoms with E-state index in [0.29, 0.717) is 24.6 Å². The van der Waals surface area contributed by atoms with Crippen LogP contribution in [0.5, 0.6) is 0 Å². The summed E-state index contributed by atoms with van der Waals surface area (Å²) in [6, 6.07) is -0.596. The summed E-state index contributed by atoms with van der Waals surface area (Å²) in [7, 11) is 0. The van der Waals surface area contributed by atoms with E-state index in [9.17, 15) is 9.59 Å². The fraction of sp³-hybridized carbons (Fsp3) is 0.500. The molecule has 3 N–H and O–H groups in total. The van der Waals surface area contributed by atoms with Crippen molar-refractivity contribution in [2.24, 2.45) is 0 Å². The maximum absolute atomic E-state index is 11.8. The lowest BCUT2D eigenvalue weighted by Crippen LogP contribution is -2.44. The molecule has 0 spiro atoms. The molecule has 0 saturated heterocycles. The maximum atomic E-state index is 11.8. The summed E-state index contributed by atoms with van der Waals surface area (Å²) in [6.45, 7) is 6.60. The number of carbonyl (C=O) groups is 2. The van der Waals surface area contributed by atoms with Gasteiger partial charge in [-0.15, -0.1) is 0 Å². The summed E-state index contributed by atoms with van der Waals surface area (Å²) in [4.78, 5) is 31.3. The Balaban J connectivity index is 2.60. The molecule has 1 atom stereocenters. The first-order valence-corrected chi connectivity index (χ1v) is 6.23. The molecule has 1 rings (SSSR count). The van der Waals surface area contributed by atoms with Gasteiger partial charge in [0, 0.05) is 25.5 Å². The molecule has 0 saturated carbocycles. The molecular formula is C12H19N5O2. The molecule has 2 amide bonds. The van der Waals surface area contributed by atoms with Gasteiger partial charge >= 0.3 is 0 Å². The van der Waals surface area contributed by atoms with Gasteiger partial charge in [0.25, 0.3) is 5.91 Å². The van der Waals surface area contributed by atoms with E-state index in [1.165, 1.54) is 12.4 Å². The molecule has 7 nitrogen and oxygen atoms in total. The topological polar surface area (TPSA) is 96.0 Å². The molecule has 0 radical (unpaired) electrons. The van der Waals surface area contributed by atoms with Crippen LogP contribution in [-0.2, 0) is 4.79 Å². The predicted octanol–water partition coefficient (Wildman–Crippen LogP) is 0.163. The second-order valence-corrected chi connectivity index (χ2v) is 3.92. The minimum absolute atomic E-state index is 0.221. The zero-order valence-corrected chi connectivity index (χ0v) is 11.4. The number of rotatable bonds is 6. The summed E-state index contributed by atoms with van der Waals surface area (Å²) >= 11 is 0. The Morgan fingerprint density at radius 1 is 1.21 bits per heavy atom. The summed E-state index contributed by atoms with van der Waals surface area (Å²) in [5.41, 5.74) is 0.317. The molecule has 104 valence electrons. The van der Waals surface area contributed by atoms with Gasteiger partial charge in [-0.3, -0.25) is 9.59 Å². The number of hydrogen-bond acceptors (Lipinski definition) is 5. The van der Waals surface area contributed by atoms with E-state index in [-0.39, 0.29) is 11.8 Å². The molecule has 0 fully saturated rings. The Hall–Kier alpha value is -2.18. The number of aromatic nitrogens is 2. The Morgan fingerprint density at radius 3 is 2.37 bits per heavy atom. The first-order valence-electron chi connectivity index (χ1n) is 6.23. The van der Waals surface area contributed by atoms with E-state index >= 15 is 0 Å². The van der Waals surface area contributed by atoms with Crippen LogP contribution in [0.2, 0.25) is 0 Å². The number of nitrogens with one attached hydrogen (secondary N) is 3. The molecule has 0 bridgehead atoms. The van der Waals surface area contributed by atoms with Crippen molar-refractivity contribution in [2.75, 3.05) is 18.4 Å². The Kier molecular flexibility index (Phi) is 5.72. The number of anilines is 1. The normalized spacial score (nSPS) is 11.5. The van der Waals surface area contributed by atoms with Crippen LogP contribution in [0, 0.1) is 0 Å². The maximum Gasteiger partial charge on any atom is 0.255 e. The highest BCUT2D eigenvalue weighted by Crippen LogP contribution is 2.00. The third kappa shape index (κ3) is 4.53. The SMILES string of the molecule is CCNC(=O)C(C)NC(=O)c1cnc(NCC)nc1. The van der Waals surface area contributed by atoms with Crippen LogP contribution < -0.4 is 16.0 Å². The Morgan fingerprint density at radius 2 is 1.84 bits per heavy atom. The average molecular weight is 265 g/mol. The second-order valence-electron chi connectivity index (χ2n) is 3.92. The molecule has 1 unspecified atom stereocenters. The number of amides is 2. The van der Waals surface area contributed by atoms with Gasteiger partial charge in [0.2, 0.25) is 11.9 Å². The van der Waals surface area contributed by atoms with Crippen molar-refractivity contribution in [3.8, 4) is 0 Å². The molecular weight excluding hydrogens is 246 g/mol.